The zero-order chi connectivity index (χ0) is 15.6. The lowest BCUT2D eigenvalue weighted by Crippen LogP contribution is -2.13. The number of nitrogens with zero attached hydrogens (tertiary/aromatic N) is 2. The average Bonchev–Trinajstić information content (AvgIpc) is 2.82. The fourth-order valence-corrected chi connectivity index (χ4v) is 2.70. The summed E-state index contributed by atoms with van der Waals surface area (Å²) in [5, 5.41) is 13.4. The molecule has 2 aromatic rings. The van der Waals surface area contributed by atoms with E-state index in [0.29, 0.717) is 0 Å². The second-order valence-corrected chi connectivity index (χ2v) is 5.86. The molecular formula is C12H13N3O5S. The maximum atomic E-state index is 12.2. The van der Waals surface area contributed by atoms with Gasteiger partial charge in [0.2, 0.25) is 0 Å². The molecule has 0 radical (unpaired) electrons. The maximum Gasteiger partial charge on any atom is 0.341 e. The van der Waals surface area contributed by atoms with Crippen molar-refractivity contribution in [1.29, 1.82) is 0 Å². The number of ether oxygens (including phenoxy) is 1. The van der Waals surface area contributed by atoms with Gasteiger partial charge in [-0.25, -0.2) is 13.2 Å². The lowest BCUT2D eigenvalue weighted by molar-refractivity contribution is 0.0597. The molecule has 0 aliphatic heterocycles. The number of nitrogens with one attached hydrogen (secondary N) is 1. The maximum absolute atomic E-state index is 12.2. The van der Waals surface area contributed by atoms with Crippen LogP contribution in [0.4, 0.5) is 5.69 Å². The molecule has 1 aromatic heterocycles. The van der Waals surface area contributed by atoms with Crippen molar-refractivity contribution in [3.05, 3.63) is 36.2 Å². The van der Waals surface area contributed by atoms with Gasteiger partial charge in [-0.3, -0.25) is 9.40 Å². The molecule has 2 rings (SSSR count). The Balaban J connectivity index is 2.38. The molecule has 0 atom stereocenters. The molecule has 21 heavy (non-hydrogen) atoms. The molecule has 0 aliphatic carbocycles. The number of phenolic OH excluding ortho intramolecular Hbond substituents is 1. The lowest BCUT2D eigenvalue weighted by Gasteiger charge is -2.08. The van der Waals surface area contributed by atoms with Crippen LogP contribution in [-0.4, -0.2) is 36.4 Å². The van der Waals surface area contributed by atoms with Crippen molar-refractivity contribution >= 4 is 21.7 Å². The van der Waals surface area contributed by atoms with Crippen LogP contribution in [0.15, 0.2) is 35.5 Å². The minimum atomic E-state index is -3.90. The number of hydrogen-bond donors (Lipinski definition) is 2. The van der Waals surface area contributed by atoms with Gasteiger partial charge in [-0.15, -0.1) is 0 Å². The number of rotatable bonds is 4. The zero-order valence-electron chi connectivity index (χ0n) is 11.3. The molecule has 1 heterocycles. The van der Waals surface area contributed by atoms with Gasteiger partial charge >= 0.3 is 5.97 Å². The molecule has 112 valence electrons. The Morgan fingerprint density at radius 2 is 2.14 bits per heavy atom. The zero-order valence-corrected chi connectivity index (χ0v) is 12.1. The highest BCUT2D eigenvalue weighted by molar-refractivity contribution is 7.92. The first-order valence-electron chi connectivity index (χ1n) is 5.76. The summed E-state index contributed by atoms with van der Waals surface area (Å²) >= 11 is 0. The third kappa shape index (κ3) is 3.14. The number of hydrogen-bond acceptors (Lipinski definition) is 6. The normalized spacial score (nSPS) is 11.1. The Kier molecular flexibility index (Phi) is 3.85. The van der Waals surface area contributed by atoms with Crippen LogP contribution in [0.2, 0.25) is 0 Å². The quantitative estimate of drug-likeness (QED) is 0.805. The summed E-state index contributed by atoms with van der Waals surface area (Å²) < 4.78 is 32.6. The fraction of sp³-hybridized carbons (Fsp3) is 0.167. The third-order valence-corrected chi connectivity index (χ3v) is 4.02. The molecule has 0 spiro atoms. The SMILES string of the molecule is COC(=O)c1cc(S(=O)(=O)Nc2cnn(C)c2)ccc1O. The van der Waals surface area contributed by atoms with Gasteiger partial charge in [0.05, 0.1) is 23.9 Å². The summed E-state index contributed by atoms with van der Waals surface area (Å²) in [5.74, 6) is -1.19. The van der Waals surface area contributed by atoms with Crippen LogP contribution in [0, 0.1) is 0 Å². The number of aromatic hydroxyl groups is 1. The standard InChI is InChI=1S/C12H13N3O5S/c1-15-7-8(6-13-15)14-21(18,19)9-3-4-11(16)10(5-9)12(17)20-2/h3-7,14,16H,1-2H3. The van der Waals surface area contributed by atoms with Crippen LogP contribution in [0.3, 0.4) is 0 Å². The monoisotopic (exact) mass is 311 g/mol. The lowest BCUT2D eigenvalue weighted by atomic mass is 10.2. The third-order valence-electron chi connectivity index (χ3n) is 2.64. The molecule has 8 nitrogen and oxygen atoms in total. The number of methoxy groups -OCH3 is 1. The predicted octanol–water partition coefficient (Wildman–Crippen LogP) is 0.713. The van der Waals surface area contributed by atoms with Gasteiger partial charge < -0.3 is 9.84 Å². The minimum Gasteiger partial charge on any atom is -0.507 e. The van der Waals surface area contributed by atoms with E-state index in [1.807, 2.05) is 0 Å². The Morgan fingerprint density at radius 1 is 1.43 bits per heavy atom. The van der Waals surface area contributed by atoms with Gasteiger partial charge in [-0.2, -0.15) is 5.10 Å². The number of phenols is 1. The number of aromatic nitrogens is 2. The van der Waals surface area contributed by atoms with Gasteiger partial charge in [0.25, 0.3) is 10.0 Å². The number of carbonyl (C=O) groups is 1. The van der Waals surface area contributed by atoms with Crippen LogP contribution < -0.4 is 4.72 Å². The summed E-state index contributed by atoms with van der Waals surface area (Å²) in [5.41, 5.74) is 0.0526. The van der Waals surface area contributed by atoms with Crippen molar-refractivity contribution in [3.63, 3.8) is 0 Å². The highest BCUT2D eigenvalue weighted by Crippen LogP contribution is 2.23. The van der Waals surface area contributed by atoms with E-state index >= 15 is 0 Å². The van der Waals surface area contributed by atoms with E-state index in [1.165, 1.54) is 23.1 Å². The van der Waals surface area contributed by atoms with E-state index in [4.69, 9.17) is 0 Å². The minimum absolute atomic E-state index is 0.176. The first kappa shape index (κ1) is 14.9. The molecule has 9 heteroatoms. The van der Waals surface area contributed by atoms with Gasteiger partial charge in [0.15, 0.2) is 0 Å². The van der Waals surface area contributed by atoms with Gasteiger partial charge in [-0.05, 0) is 18.2 Å². The van der Waals surface area contributed by atoms with Gasteiger partial charge in [0.1, 0.15) is 11.3 Å². The summed E-state index contributed by atoms with van der Waals surface area (Å²) in [6, 6.07) is 3.34. The van der Waals surface area contributed by atoms with Crippen molar-refractivity contribution in [2.45, 2.75) is 4.90 Å². The molecule has 0 amide bonds. The summed E-state index contributed by atoms with van der Waals surface area (Å²) in [4.78, 5) is 11.3. The molecule has 1 aromatic carbocycles. The van der Waals surface area contributed by atoms with Crippen molar-refractivity contribution in [3.8, 4) is 5.75 Å². The highest BCUT2D eigenvalue weighted by Gasteiger charge is 2.20. The van der Waals surface area contributed by atoms with E-state index in [-0.39, 0.29) is 21.9 Å². The Hall–Kier alpha value is -2.55. The summed E-state index contributed by atoms with van der Waals surface area (Å²) in [7, 11) is -1.12. The van der Waals surface area contributed by atoms with E-state index in [1.54, 1.807) is 7.05 Å². The van der Waals surface area contributed by atoms with E-state index in [2.05, 4.69) is 14.6 Å². The topological polar surface area (TPSA) is 111 Å². The van der Waals surface area contributed by atoms with Gasteiger partial charge in [0, 0.05) is 13.2 Å². The molecule has 0 fully saturated rings. The fourth-order valence-electron chi connectivity index (χ4n) is 1.64. The molecule has 0 unspecified atom stereocenters. The Labute approximate surface area is 121 Å². The van der Waals surface area contributed by atoms with Gasteiger partial charge in [-0.1, -0.05) is 0 Å². The van der Waals surface area contributed by atoms with Crippen LogP contribution >= 0.6 is 0 Å². The molecule has 2 N–H and O–H groups in total. The number of carbonyl (C=O) groups excluding carboxylic acids is 1. The number of esters is 1. The van der Waals surface area contributed by atoms with E-state index in [0.717, 1.165) is 19.2 Å². The van der Waals surface area contributed by atoms with Crippen molar-refractivity contribution in [2.24, 2.45) is 7.05 Å². The number of benzene rings is 1. The number of aryl methyl sites for hydroxylation is 1. The summed E-state index contributed by atoms with van der Waals surface area (Å²) in [6.07, 6.45) is 2.83. The highest BCUT2D eigenvalue weighted by atomic mass is 32.2. The Morgan fingerprint density at radius 3 is 2.71 bits per heavy atom. The van der Waals surface area contributed by atoms with Crippen molar-refractivity contribution < 1.29 is 23.1 Å². The van der Waals surface area contributed by atoms with E-state index in [9.17, 15) is 18.3 Å². The molecular weight excluding hydrogens is 298 g/mol. The van der Waals surface area contributed by atoms with Crippen molar-refractivity contribution in [2.75, 3.05) is 11.8 Å². The predicted molar refractivity (Wildman–Crippen MR) is 73.5 cm³/mol. The summed E-state index contributed by atoms with van der Waals surface area (Å²) in [6.45, 7) is 0. The Bertz CT molecular complexity index is 782. The second-order valence-electron chi connectivity index (χ2n) is 4.18. The van der Waals surface area contributed by atoms with Crippen LogP contribution in [-0.2, 0) is 21.8 Å². The van der Waals surface area contributed by atoms with Crippen LogP contribution in [0.1, 0.15) is 10.4 Å². The van der Waals surface area contributed by atoms with Crippen LogP contribution in [0.5, 0.6) is 5.75 Å². The molecule has 0 bridgehead atoms. The average molecular weight is 311 g/mol. The first-order chi connectivity index (χ1) is 9.83. The molecule has 0 aliphatic rings. The number of sulfonamides is 1. The molecule has 0 saturated heterocycles. The van der Waals surface area contributed by atoms with Crippen molar-refractivity contribution in [1.82, 2.24) is 9.78 Å². The number of anilines is 1. The smallest absolute Gasteiger partial charge is 0.341 e. The van der Waals surface area contributed by atoms with Crippen LogP contribution in [0.25, 0.3) is 0 Å². The first-order valence-corrected chi connectivity index (χ1v) is 7.24. The largest absolute Gasteiger partial charge is 0.507 e. The van der Waals surface area contributed by atoms with E-state index < -0.39 is 16.0 Å². The second kappa shape index (κ2) is 5.44. The molecule has 0 saturated carbocycles.